The Morgan fingerprint density at radius 3 is 1.66 bits per heavy atom. The third-order valence-electron chi connectivity index (χ3n) is 10.8. The molecule has 0 saturated carbocycles. The quantitative estimate of drug-likeness (QED) is 0.0557. The van der Waals surface area contributed by atoms with E-state index in [2.05, 4.69) is 63.1 Å². The van der Waals surface area contributed by atoms with E-state index in [1.54, 1.807) is 74.1 Å². The number of ether oxygens (including phenoxy) is 3. The number of piperidine rings is 1. The predicted octanol–water partition coefficient (Wildman–Crippen LogP) is 6.44. The molecule has 1 aromatic carbocycles. The maximum Gasteiger partial charge on any atom is 0.407 e. The van der Waals surface area contributed by atoms with Crippen molar-refractivity contribution in [2.24, 2.45) is 0 Å². The van der Waals surface area contributed by atoms with E-state index in [4.69, 9.17) is 14.2 Å². The summed E-state index contributed by atoms with van der Waals surface area (Å²) >= 11 is 0. The van der Waals surface area contributed by atoms with E-state index in [0.717, 1.165) is 32.1 Å². The number of hydrogen-bond donors (Lipinski definition) is 7. The number of carbonyl (C=O) groups is 7. The van der Waals surface area contributed by atoms with Gasteiger partial charge in [-0.1, -0.05) is 37.6 Å². The normalized spacial score (nSPS) is 15.7. The maximum absolute atomic E-state index is 14.2. The van der Waals surface area contributed by atoms with Gasteiger partial charge in [0.05, 0.1) is 11.7 Å². The van der Waals surface area contributed by atoms with Gasteiger partial charge in [0, 0.05) is 26.2 Å². The van der Waals surface area contributed by atoms with Gasteiger partial charge in [0.25, 0.3) is 0 Å². The molecule has 18 heteroatoms. The van der Waals surface area contributed by atoms with Crippen molar-refractivity contribution in [3.05, 3.63) is 35.4 Å². The van der Waals surface area contributed by atoms with Crippen LogP contribution in [0.15, 0.2) is 24.3 Å². The zero-order valence-electron chi connectivity index (χ0n) is 42.4. The third kappa shape index (κ3) is 23.9. The zero-order chi connectivity index (χ0) is 50.5. The molecule has 1 heterocycles. The van der Waals surface area contributed by atoms with E-state index in [-0.39, 0.29) is 25.9 Å². The Balaban J connectivity index is 2.18. The molecule has 7 N–H and O–H groups in total. The van der Waals surface area contributed by atoms with E-state index >= 15 is 0 Å². The number of aliphatic carboxylic acids is 1. The minimum atomic E-state index is -1.34. The number of nitrogens with one attached hydrogen (secondary N) is 6. The Bertz CT molecular complexity index is 1750. The second-order valence-electron chi connectivity index (χ2n) is 20.5. The summed E-state index contributed by atoms with van der Waals surface area (Å²) in [6.45, 7) is 22.5. The third-order valence-corrected chi connectivity index (χ3v) is 10.8. The summed E-state index contributed by atoms with van der Waals surface area (Å²) in [6.07, 6.45) is 4.63. The summed E-state index contributed by atoms with van der Waals surface area (Å²) < 4.78 is 16.6. The number of hydrogen-bond acceptors (Lipinski definition) is 10. The van der Waals surface area contributed by atoms with Crippen molar-refractivity contribution in [1.29, 1.82) is 0 Å². The number of nitrogens with zero attached hydrogens (tertiary/aromatic N) is 1. The summed E-state index contributed by atoms with van der Waals surface area (Å²) in [5.41, 5.74) is 0.465. The van der Waals surface area contributed by atoms with Gasteiger partial charge in [0.1, 0.15) is 35.4 Å². The predicted molar refractivity (Wildman–Crippen MR) is 256 cm³/mol. The zero-order valence-corrected chi connectivity index (χ0v) is 42.4. The van der Waals surface area contributed by atoms with Crippen LogP contribution in [0.25, 0.3) is 0 Å². The van der Waals surface area contributed by atoms with Crippen molar-refractivity contribution < 1.29 is 52.9 Å². The molecule has 1 fully saturated rings. The molecule has 67 heavy (non-hydrogen) atoms. The van der Waals surface area contributed by atoms with Crippen molar-refractivity contribution in [1.82, 2.24) is 36.8 Å². The first-order chi connectivity index (χ1) is 31.2. The average molecular weight is 946 g/mol. The highest BCUT2D eigenvalue weighted by Gasteiger charge is 2.36. The number of rotatable bonds is 24. The summed E-state index contributed by atoms with van der Waals surface area (Å²) in [5.74, 6) is -3.15. The molecule has 7 amide bonds. The van der Waals surface area contributed by atoms with Crippen LogP contribution < -0.4 is 31.9 Å². The molecule has 0 radical (unpaired) electrons. The molecule has 0 bridgehead atoms. The topological polar surface area (TPSA) is 243 Å². The number of carbonyl (C=O) groups excluding carboxylic acids is 6. The SMILES string of the molecule is CCCCc1ccc(C2CCN(C(=O)N[C@@H](CCCCNC(=O)OC(C)(C)C)C(=O)N[C@H](C(=O)N[C@@H](C)C(=O)N[C@@H](CCCCNC(=O)OC(C)(C)C)C(=O)O)[C@@H](C)OC(C)(C)C)CC2)cc1. The second-order valence-corrected chi connectivity index (χ2v) is 20.5. The number of alkyl carbamates (subject to hydrolysis) is 2. The van der Waals surface area contributed by atoms with Crippen molar-refractivity contribution in [3.8, 4) is 0 Å². The highest BCUT2D eigenvalue weighted by molar-refractivity contribution is 5.95. The molecule has 0 spiro atoms. The number of amides is 7. The number of carboxylic acids is 1. The highest BCUT2D eigenvalue weighted by Crippen LogP contribution is 2.28. The smallest absolute Gasteiger partial charge is 0.407 e. The Labute approximate surface area is 398 Å². The molecule has 0 unspecified atom stereocenters. The van der Waals surface area contributed by atoms with Gasteiger partial charge in [-0.3, -0.25) is 14.4 Å². The van der Waals surface area contributed by atoms with Crippen molar-refractivity contribution in [2.45, 2.75) is 207 Å². The molecular formula is C49H83N7O11. The monoisotopic (exact) mass is 946 g/mol. The van der Waals surface area contributed by atoms with Crippen LogP contribution in [0.3, 0.4) is 0 Å². The van der Waals surface area contributed by atoms with Crippen LogP contribution in [-0.2, 0) is 39.8 Å². The lowest BCUT2D eigenvalue weighted by molar-refractivity contribution is -0.143. The number of carboxylic acid groups (broad SMARTS) is 1. The van der Waals surface area contributed by atoms with Gasteiger partial charge in [-0.2, -0.15) is 0 Å². The van der Waals surface area contributed by atoms with Crippen LogP contribution in [0, 0.1) is 0 Å². The standard InChI is InChI=1S/C49H83N7O11/c1-13-14-19-34-22-24-35(25-23-34)36-26-30-56(31-27-36)44(62)54-37(20-15-17-28-50-45(63)66-48(7,8)9)41(58)55-39(33(3)65-47(4,5)6)42(59)52-32(2)40(57)53-38(43(60)61)21-16-18-29-51-46(64)67-49(10,11)12/h22-25,32-33,36-39H,13-21,26-31H2,1-12H3,(H,50,63)(H,51,64)(H,52,59)(H,53,57)(H,54,62)(H,55,58)(H,60,61)/t32-,33+,37-,38-,39-/m0/s1. The largest absolute Gasteiger partial charge is 0.480 e. The Kier molecular flexibility index (Phi) is 23.9. The average Bonchev–Trinajstić information content (AvgIpc) is 3.21. The molecule has 0 aromatic heterocycles. The van der Waals surface area contributed by atoms with Crippen LogP contribution in [-0.4, -0.2) is 125 Å². The number of unbranched alkanes of at least 4 members (excludes halogenated alkanes) is 3. The fourth-order valence-corrected chi connectivity index (χ4v) is 7.42. The summed E-state index contributed by atoms with van der Waals surface area (Å²) in [7, 11) is 0. The summed E-state index contributed by atoms with van der Waals surface area (Å²) in [5, 5.41) is 25.9. The van der Waals surface area contributed by atoms with Crippen LogP contribution >= 0.6 is 0 Å². The van der Waals surface area contributed by atoms with Gasteiger partial charge < -0.3 is 56.1 Å². The summed E-state index contributed by atoms with van der Waals surface area (Å²) in [6, 6.07) is 3.38. The molecular weight excluding hydrogens is 863 g/mol. The molecule has 1 aliphatic rings. The number of benzene rings is 1. The van der Waals surface area contributed by atoms with Gasteiger partial charge in [-0.25, -0.2) is 19.2 Å². The fraction of sp³-hybridized carbons (Fsp3) is 0.735. The van der Waals surface area contributed by atoms with Gasteiger partial charge >= 0.3 is 24.2 Å². The van der Waals surface area contributed by atoms with E-state index in [9.17, 15) is 38.7 Å². The molecule has 18 nitrogen and oxygen atoms in total. The van der Waals surface area contributed by atoms with E-state index in [0.29, 0.717) is 44.7 Å². The van der Waals surface area contributed by atoms with E-state index < -0.39 is 89.0 Å². The highest BCUT2D eigenvalue weighted by atomic mass is 16.6. The molecule has 1 aliphatic heterocycles. The van der Waals surface area contributed by atoms with Gasteiger partial charge in [-0.15, -0.1) is 0 Å². The maximum atomic E-state index is 14.2. The molecule has 1 saturated heterocycles. The van der Waals surface area contributed by atoms with E-state index in [1.807, 2.05) is 0 Å². The Hall–Kier alpha value is -5.13. The lowest BCUT2D eigenvalue weighted by Gasteiger charge is -2.34. The molecule has 380 valence electrons. The van der Waals surface area contributed by atoms with Gasteiger partial charge in [0.15, 0.2) is 0 Å². The Morgan fingerprint density at radius 1 is 0.657 bits per heavy atom. The number of urea groups is 1. The first-order valence-electron chi connectivity index (χ1n) is 24.1. The molecule has 2 rings (SSSR count). The number of likely N-dealkylation sites (tertiary alicyclic amines) is 1. The fourth-order valence-electron chi connectivity index (χ4n) is 7.42. The van der Waals surface area contributed by atoms with Crippen LogP contribution in [0.5, 0.6) is 0 Å². The lowest BCUT2D eigenvalue weighted by Crippen LogP contribution is -2.61. The summed E-state index contributed by atoms with van der Waals surface area (Å²) in [4.78, 5) is 93.3. The minimum absolute atomic E-state index is 0.0576. The first kappa shape index (κ1) is 58.0. The lowest BCUT2D eigenvalue weighted by atomic mass is 9.89. The van der Waals surface area contributed by atoms with Crippen molar-refractivity contribution >= 4 is 41.9 Å². The minimum Gasteiger partial charge on any atom is -0.480 e. The van der Waals surface area contributed by atoms with Crippen LogP contribution in [0.2, 0.25) is 0 Å². The molecule has 0 aliphatic carbocycles. The van der Waals surface area contributed by atoms with E-state index in [1.165, 1.54) is 18.1 Å². The second kappa shape index (κ2) is 27.6. The molecule has 5 atom stereocenters. The van der Waals surface area contributed by atoms with Crippen LogP contribution in [0.4, 0.5) is 14.4 Å². The van der Waals surface area contributed by atoms with Gasteiger partial charge in [0.2, 0.25) is 17.7 Å². The molecule has 1 aromatic rings. The van der Waals surface area contributed by atoms with Gasteiger partial charge in [-0.05, 0) is 157 Å². The first-order valence-corrected chi connectivity index (χ1v) is 24.1. The number of aryl methyl sites for hydroxylation is 1. The van der Waals surface area contributed by atoms with Crippen LogP contribution in [0.1, 0.15) is 164 Å². The Morgan fingerprint density at radius 2 is 1.18 bits per heavy atom. The van der Waals surface area contributed by atoms with Crippen molar-refractivity contribution in [2.75, 3.05) is 26.2 Å². The van der Waals surface area contributed by atoms with Crippen molar-refractivity contribution in [3.63, 3.8) is 0 Å².